The number of para-hydroxylation sites is 3. The van der Waals surface area contributed by atoms with Gasteiger partial charge in [-0.3, -0.25) is 0 Å². The van der Waals surface area contributed by atoms with Gasteiger partial charge < -0.3 is 13.7 Å². The van der Waals surface area contributed by atoms with Crippen LogP contribution in [0.15, 0.2) is 159 Å². The van der Waals surface area contributed by atoms with Gasteiger partial charge in [-0.05, 0) is 98.9 Å². The van der Waals surface area contributed by atoms with E-state index in [-0.39, 0.29) is 18.8 Å². The lowest BCUT2D eigenvalue weighted by Crippen LogP contribution is -2.73. The van der Waals surface area contributed by atoms with E-state index < -0.39 is 0 Å². The van der Waals surface area contributed by atoms with Gasteiger partial charge in [0.1, 0.15) is 11.2 Å². The van der Waals surface area contributed by atoms with Crippen molar-refractivity contribution in [3.8, 4) is 0 Å². The molecule has 3 nitrogen and oxygen atoms in total. The maximum absolute atomic E-state index is 7.13. The van der Waals surface area contributed by atoms with Gasteiger partial charge in [0.05, 0.1) is 22.7 Å². The lowest BCUT2D eigenvalue weighted by molar-refractivity contribution is 0.632. The number of rotatable bonds is 3. The van der Waals surface area contributed by atoms with E-state index in [0.717, 1.165) is 33.6 Å². The van der Waals surface area contributed by atoms with E-state index in [2.05, 4.69) is 169 Å². The molecular formula is C47H31B2NO2S2. The highest BCUT2D eigenvalue weighted by molar-refractivity contribution is 7.18. The van der Waals surface area contributed by atoms with Crippen LogP contribution >= 0.6 is 22.7 Å². The largest absolute Gasteiger partial charge is 0.471 e. The minimum Gasteiger partial charge on any atom is -0.471 e. The summed E-state index contributed by atoms with van der Waals surface area (Å²) >= 11 is 3.56. The second kappa shape index (κ2) is 11.1. The average molecular weight is 728 g/mol. The van der Waals surface area contributed by atoms with Crippen molar-refractivity contribution in [3.05, 3.63) is 161 Å². The van der Waals surface area contributed by atoms with Crippen LogP contribution in [0.5, 0.6) is 0 Å². The minimum atomic E-state index is -0.163. The molecule has 0 aliphatic carbocycles. The van der Waals surface area contributed by atoms with E-state index in [1.807, 2.05) is 0 Å². The van der Waals surface area contributed by atoms with Crippen LogP contribution in [-0.4, -0.2) is 13.4 Å². The number of benzene rings is 6. The van der Waals surface area contributed by atoms with E-state index in [4.69, 9.17) is 8.83 Å². The van der Waals surface area contributed by atoms with Gasteiger partial charge in [-0.25, -0.2) is 0 Å². The second-order valence-corrected chi connectivity index (χ2v) is 17.1. The van der Waals surface area contributed by atoms with Crippen molar-refractivity contribution in [2.75, 3.05) is 4.90 Å². The van der Waals surface area contributed by atoms with Gasteiger partial charge in [-0.2, -0.15) is 0 Å². The number of nitrogens with zero attached hydrogens (tertiary/aromatic N) is 1. The Bertz CT molecular complexity index is 3080. The molecule has 254 valence electrons. The standard InChI is InChI=1S/C47H31B2NO2S2/c1-47(2)34-10-4-6-12-36(34)50(37-13-7-5-11-35(37)47)31-18-15-29(16-19-31)48-44-42-33-24-26-54-41(33)22-20-39(42)52-46(44)49(30-17-21-40-28(27-30)23-25-53-40)43-32-9-3-8-14-38(32)51-45(43)48/h3-27H,1-2H3. The van der Waals surface area contributed by atoms with Crippen LogP contribution in [0, 0.1) is 0 Å². The maximum Gasteiger partial charge on any atom is 0.290 e. The molecule has 12 rings (SSSR count). The van der Waals surface area contributed by atoms with Crippen LogP contribution in [0.3, 0.4) is 0 Å². The topological polar surface area (TPSA) is 29.5 Å². The average Bonchev–Trinajstić information content (AvgIpc) is 4.02. The molecule has 7 heteroatoms. The summed E-state index contributed by atoms with van der Waals surface area (Å²) in [6.07, 6.45) is 0. The fraction of sp³-hybridized carbons (Fsp3) is 0.0638. The van der Waals surface area contributed by atoms with Crippen LogP contribution in [-0.2, 0) is 5.41 Å². The Labute approximate surface area is 321 Å². The molecule has 0 spiro atoms. The first-order chi connectivity index (χ1) is 26.5. The van der Waals surface area contributed by atoms with Crippen molar-refractivity contribution < 1.29 is 8.83 Å². The Kier molecular flexibility index (Phi) is 6.33. The van der Waals surface area contributed by atoms with Crippen molar-refractivity contribution in [2.24, 2.45) is 0 Å². The van der Waals surface area contributed by atoms with Crippen molar-refractivity contribution in [2.45, 2.75) is 19.3 Å². The second-order valence-electron chi connectivity index (χ2n) is 15.2. The fourth-order valence-electron chi connectivity index (χ4n) is 9.61. The molecule has 0 saturated heterocycles. The van der Waals surface area contributed by atoms with E-state index in [9.17, 15) is 0 Å². The Morgan fingerprint density at radius 3 is 1.98 bits per heavy atom. The lowest BCUT2D eigenvalue weighted by atomic mass is 9.24. The molecule has 0 N–H and O–H groups in total. The quantitative estimate of drug-likeness (QED) is 0.170. The molecule has 0 saturated carbocycles. The molecule has 10 aromatic rings. The smallest absolute Gasteiger partial charge is 0.290 e. The van der Waals surface area contributed by atoms with Crippen molar-refractivity contribution in [1.29, 1.82) is 0 Å². The molecule has 4 aromatic heterocycles. The first-order valence-electron chi connectivity index (χ1n) is 18.5. The van der Waals surface area contributed by atoms with Crippen molar-refractivity contribution >= 4 is 128 Å². The molecule has 0 atom stereocenters. The van der Waals surface area contributed by atoms with Gasteiger partial charge in [-0.1, -0.05) is 104 Å². The predicted molar refractivity (Wildman–Crippen MR) is 232 cm³/mol. The molecule has 0 fully saturated rings. The predicted octanol–water partition coefficient (Wildman–Crippen LogP) is 9.06. The molecule has 0 bridgehead atoms. The third kappa shape index (κ3) is 4.14. The van der Waals surface area contributed by atoms with E-state index in [1.165, 1.54) is 69.9 Å². The zero-order valence-electron chi connectivity index (χ0n) is 29.7. The maximum atomic E-state index is 7.13. The van der Waals surface area contributed by atoms with Gasteiger partial charge >= 0.3 is 0 Å². The first-order valence-corrected chi connectivity index (χ1v) is 20.3. The Balaban J connectivity index is 1.11. The summed E-state index contributed by atoms with van der Waals surface area (Å²) in [6, 6.07) is 51.2. The molecule has 0 amide bonds. The number of fused-ring (bicyclic) bond motifs is 11. The minimum absolute atomic E-state index is 0.111. The van der Waals surface area contributed by atoms with Gasteiger partial charge in [0.2, 0.25) is 0 Å². The van der Waals surface area contributed by atoms with Gasteiger partial charge in [0, 0.05) is 36.7 Å². The summed E-state index contributed by atoms with van der Waals surface area (Å²) in [5.74, 6) is 0. The number of furan rings is 2. The number of hydrogen-bond acceptors (Lipinski definition) is 5. The molecule has 2 aliphatic rings. The van der Waals surface area contributed by atoms with E-state index in [1.54, 1.807) is 22.7 Å². The normalized spacial score (nSPS) is 14.5. The SMILES string of the molecule is CC1(C)c2ccccc2N(c2ccc(B3c4oc5ccccc5c4B(c4ccc5sccc5c4)c4oc5ccc6sccc6c5c43)cc2)c2ccccc21. The summed E-state index contributed by atoms with van der Waals surface area (Å²) in [5, 5.41) is 9.19. The molecule has 2 aliphatic heterocycles. The molecule has 6 heterocycles. The van der Waals surface area contributed by atoms with Crippen LogP contribution in [0.2, 0.25) is 0 Å². The van der Waals surface area contributed by atoms with Crippen molar-refractivity contribution in [1.82, 2.24) is 0 Å². The number of hydrogen-bond donors (Lipinski definition) is 0. The molecule has 54 heavy (non-hydrogen) atoms. The summed E-state index contributed by atoms with van der Waals surface area (Å²) < 4.78 is 16.7. The lowest BCUT2D eigenvalue weighted by Gasteiger charge is -2.42. The van der Waals surface area contributed by atoms with Crippen LogP contribution in [0.4, 0.5) is 17.1 Å². The summed E-state index contributed by atoms with van der Waals surface area (Å²) in [7, 11) is 0. The first kappa shape index (κ1) is 30.7. The van der Waals surface area contributed by atoms with Gasteiger partial charge in [0.25, 0.3) is 13.4 Å². The summed E-state index contributed by atoms with van der Waals surface area (Å²) in [4.78, 5) is 2.43. The third-order valence-electron chi connectivity index (χ3n) is 12.0. The van der Waals surface area contributed by atoms with Gasteiger partial charge in [0.15, 0.2) is 0 Å². The molecular weight excluding hydrogens is 696 g/mol. The van der Waals surface area contributed by atoms with Crippen LogP contribution < -0.4 is 38.1 Å². The van der Waals surface area contributed by atoms with Gasteiger partial charge in [-0.15, -0.1) is 22.7 Å². The van der Waals surface area contributed by atoms with Crippen LogP contribution in [0.25, 0.3) is 42.1 Å². The van der Waals surface area contributed by atoms with E-state index >= 15 is 0 Å². The highest BCUT2D eigenvalue weighted by Gasteiger charge is 2.47. The Morgan fingerprint density at radius 2 is 1.17 bits per heavy atom. The fourth-order valence-corrected chi connectivity index (χ4v) is 11.2. The summed E-state index contributed by atoms with van der Waals surface area (Å²) in [5.41, 5.74) is 14.8. The Morgan fingerprint density at radius 1 is 0.537 bits per heavy atom. The highest BCUT2D eigenvalue weighted by atomic mass is 32.1. The zero-order chi connectivity index (χ0) is 35.7. The summed E-state index contributed by atoms with van der Waals surface area (Å²) in [6.45, 7) is 4.39. The number of thiophene rings is 2. The zero-order valence-corrected chi connectivity index (χ0v) is 31.3. The molecule has 0 radical (unpaired) electrons. The van der Waals surface area contributed by atoms with Crippen molar-refractivity contribution in [3.63, 3.8) is 0 Å². The van der Waals surface area contributed by atoms with Crippen LogP contribution in [0.1, 0.15) is 25.0 Å². The number of anilines is 3. The third-order valence-corrected chi connectivity index (χ3v) is 13.8. The molecule has 0 unspecified atom stereocenters. The Hall–Kier alpha value is -5.75. The molecule has 6 aromatic carbocycles. The monoisotopic (exact) mass is 727 g/mol. The highest BCUT2D eigenvalue weighted by Crippen LogP contribution is 2.51. The van der Waals surface area contributed by atoms with E-state index in [0.29, 0.717) is 0 Å².